The molecule has 1 aromatic carbocycles. The van der Waals surface area contributed by atoms with Crippen molar-refractivity contribution >= 4 is 40.8 Å². The van der Waals surface area contributed by atoms with Crippen LogP contribution in [0.1, 0.15) is 26.3 Å². The van der Waals surface area contributed by atoms with Crippen LogP contribution in [0, 0.1) is 10.7 Å². The average Bonchev–Trinajstić information content (AvgIpc) is 2.72. The third-order valence-corrected chi connectivity index (χ3v) is 3.77. The Bertz CT molecular complexity index is 690. The normalized spacial score (nSPS) is 12.8. The molecule has 0 saturated carbocycles. The zero-order valence-corrected chi connectivity index (χ0v) is 13.2. The van der Waals surface area contributed by atoms with E-state index in [9.17, 15) is 4.79 Å². The van der Waals surface area contributed by atoms with Gasteiger partial charge in [0.1, 0.15) is 6.04 Å². The van der Waals surface area contributed by atoms with E-state index in [0.29, 0.717) is 22.1 Å². The number of carbonyl (C=O) groups is 1. The topological polar surface area (TPSA) is 47.0 Å². The van der Waals surface area contributed by atoms with Crippen LogP contribution < -0.4 is 0 Å². The van der Waals surface area contributed by atoms with E-state index in [1.54, 1.807) is 10.6 Å². The number of methoxy groups -OCH3 is 1. The molecule has 2 aromatic rings. The van der Waals surface area contributed by atoms with Crippen LogP contribution in [0.5, 0.6) is 0 Å². The number of fused-ring (bicyclic) bond motifs is 1. The lowest BCUT2D eigenvalue weighted by Gasteiger charge is -2.19. The van der Waals surface area contributed by atoms with Crippen molar-refractivity contribution in [3.05, 3.63) is 28.0 Å². The second-order valence-electron chi connectivity index (χ2n) is 5.10. The molecule has 0 saturated heterocycles. The van der Waals surface area contributed by atoms with Crippen molar-refractivity contribution in [2.75, 3.05) is 7.11 Å². The average molecular weight is 313 g/mol. The van der Waals surface area contributed by atoms with Crippen molar-refractivity contribution in [3.63, 3.8) is 0 Å². The lowest BCUT2D eigenvalue weighted by molar-refractivity contribution is -0.145. The van der Waals surface area contributed by atoms with E-state index in [1.165, 1.54) is 7.11 Å². The third kappa shape index (κ3) is 2.74. The number of esters is 1. The van der Waals surface area contributed by atoms with Crippen molar-refractivity contribution in [1.29, 1.82) is 0 Å². The van der Waals surface area contributed by atoms with E-state index in [-0.39, 0.29) is 5.97 Å². The molecular weight excluding hydrogens is 296 g/mol. The predicted molar refractivity (Wildman–Crippen MR) is 82.6 cm³/mol. The number of aromatic nitrogens is 2. The first-order valence-electron chi connectivity index (χ1n) is 6.42. The van der Waals surface area contributed by atoms with Crippen molar-refractivity contribution in [2.45, 2.75) is 26.3 Å². The van der Waals surface area contributed by atoms with Gasteiger partial charge in [0.15, 0.2) is 4.77 Å². The molecule has 108 valence electrons. The van der Waals surface area contributed by atoms with E-state index in [4.69, 9.17) is 28.6 Å². The number of nitrogens with one attached hydrogen (secondary N) is 1. The number of halogens is 1. The fourth-order valence-corrected chi connectivity index (χ4v) is 2.92. The number of hydrogen-bond acceptors (Lipinski definition) is 3. The molecule has 0 spiro atoms. The number of hydrogen-bond donors (Lipinski definition) is 1. The lowest BCUT2D eigenvalue weighted by Crippen LogP contribution is -2.22. The van der Waals surface area contributed by atoms with Crippen LogP contribution in [-0.4, -0.2) is 22.6 Å². The van der Waals surface area contributed by atoms with Gasteiger partial charge in [-0.05, 0) is 36.7 Å². The van der Waals surface area contributed by atoms with Crippen LogP contribution in [0.15, 0.2) is 18.2 Å². The molecule has 1 atom stereocenters. The van der Waals surface area contributed by atoms with Gasteiger partial charge in [0.05, 0.1) is 23.2 Å². The highest BCUT2D eigenvalue weighted by atomic mass is 35.5. The van der Waals surface area contributed by atoms with Crippen molar-refractivity contribution in [2.24, 2.45) is 5.92 Å². The minimum absolute atomic E-state index is 0.310. The molecular formula is C14H17ClN2O2S. The van der Waals surface area contributed by atoms with E-state index in [2.05, 4.69) is 18.8 Å². The monoisotopic (exact) mass is 312 g/mol. The maximum Gasteiger partial charge on any atom is 0.328 e. The summed E-state index contributed by atoms with van der Waals surface area (Å²) in [5.74, 6) is 0.0176. The summed E-state index contributed by atoms with van der Waals surface area (Å²) in [4.78, 5) is 15.2. The molecule has 0 aliphatic rings. The van der Waals surface area contributed by atoms with E-state index in [0.717, 1.165) is 11.0 Å². The summed E-state index contributed by atoms with van der Waals surface area (Å²) in [6.45, 7) is 4.10. The number of imidazole rings is 1. The van der Waals surface area contributed by atoms with Gasteiger partial charge in [0, 0.05) is 0 Å². The summed E-state index contributed by atoms with van der Waals surface area (Å²) >= 11 is 11.6. The van der Waals surface area contributed by atoms with Crippen molar-refractivity contribution in [3.8, 4) is 0 Å². The van der Waals surface area contributed by atoms with Gasteiger partial charge in [0.25, 0.3) is 0 Å². The maximum atomic E-state index is 12.1. The summed E-state index contributed by atoms with van der Waals surface area (Å²) < 4.78 is 7.16. The molecule has 1 N–H and O–H groups in total. The number of rotatable bonds is 4. The van der Waals surface area contributed by atoms with E-state index >= 15 is 0 Å². The summed E-state index contributed by atoms with van der Waals surface area (Å²) in [7, 11) is 1.38. The minimum atomic E-state index is -0.471. The maximum absolute atomic E-state index is 12.1. The molecule has 0 bridgehead atoms. The molecule has 2 rings (SSSR count). The van der Waals surface area contributed by atoms with Crippen LogP contribution >= 0.6 is 23.8 Å². The van der Waals surface area contributed by atoms with Crippen molar-refractivity contribution < 1.29 is 9.53 Å². The van der Waals surface area contributed by atoms with Crippen LogP contribution in [0.25, 0.3) is 11.0 Å². The number of aromatic amines is 1. The molecule has 0 amide bonds. The Kier molecular flexibility index (Phi) is 4.50. The zero-order chi connectivity index (χ0) is 14.9. The van der Waals surface area contributed by atoms with Gasteiger partial charge < -0.3 is 14.3 Å². The van der Waals surface area contributed by atoms with Gasteiger partial charge >= 0.3 is 5.97 Å². The highest BCUT2D eigenvalue weighted by Gasteiger charge is 2.25. The largest absolute Gasteiger partial charge is 0.467 e. The first-order chi connectivity index (χ1) is 9.45. The Balaban J connectivity index is 2.67. The standard InChI is InChI=1S/C14H17ClN2O2S/c1-8(2)7-11(13(18)19-3)17-12-9(15)5-4-6-10(12)16-14(17)20/h4-6,8,11H,7H2,1-3H3,(H,16,20). The summed E-state index contributed by atoms with van der Waals surface area (Å²) in [5, 5.41) is 0.563. The molecule has 0 radical (unpaired) electrons. The molecule has 20 heavy (non-hydrogen) atoms. The van der Waals surface area contributed by atoms with Crippen LogP contribution in [-0.2, 0) is 9.53 Å². The van der Waals surface area contributed by atoms with Crippen LogP contribution in [0.2, 0.25) is 5.02 Å². The summed E-state index contributed by atoms with van der Waals surface area (Å²) in [6.07, 6.45) is 0.638. The second kappa shape index (κ2) is 5.97. The van der Waals surface area contributed by atoms with Gasteiger partial charge in [0.2, 0.25) is 0 Å². The van der Waals surface area contributed by atoms with Crippen molar-refractivity contribution in [1.82, 2.24) is 9.55 Å². The van der Waals surface area contributed by atoms with Gasteiger partial charge in [-0.2, -0.15) is 0 Å². The van der Waals surface area contributed by atoms with E-state index < -0.39 is 6.04 Å². The van der Waals surface area contributed by atoms with E-state index in [1.807, 2.05) is 12.1 Å². The molecule has 4 nitrogen and oxygen atoms in total. The van der Waals surface area contributed by atoms with Gasteiger partial charge in [-0.1, -0.05) is 31.5 Å². The Morgan fingerprint density at radius 1 is 1.50 bits per heavy atom. The number of ether oxygens (including phenoxy) is 1. The first kappa shape index (κ1) is 15.1. The van der Waals surface area contributed by atoms with Crippen LogP contribution in [0.4, 0.5) is 0 Å². The Morgan fingerprint density at radius 2 is 2.20 bits per heavy atom. The predicted octanol–water partition coefficient (Wildman–Crippen LogP) is 4.11. The lowest BCUT2D eigenvalue weighted by atomic mass is 10.0. The molecule has 0 aliphatic carbocycles. The minimum Gasteiger partial charge on any atom is -0.467 e. The van der Waals surface area contributed by atoms with Crippen LogP contribution in [0.3, 0.4) is 0 Å². The Hall–Kier alpha value is -1.33. The number of H-pyrrole nitrogens is 1. The van der Waals surface area contributed by atoms with Gasteiger partial charge in [-0.3, -0.25) is 0 Å². The highest BCUT2D eigenvalue weighted by molar-refractivity contribution is 7.71. The fraction of sp³-hybridized carbons (Fsp3) is 0.429. The fourth-order valence-electron chi connectivity index (χ4n) is 2.32. The zero-order valence-electron chi connectivity index (χ0n) is 11.6. The number of para-hydroxylation sites is 1. The number of carbonyl (C=O) groups excluding carboxylic acids is 1. The number of nitrogens with zero attached hydrogens (tertiary/aromatic N) is 1. The SMILES string of the molecule is COC(=O)C(CC(C)C)n1c(=S)[nH]c2cccc(Cl)c21. The summed E-state index contributed by atoms with van der Waals surface area (Å²) in [6, 6.07) is 5.04. The first-order valence-corrected chi connectivity index (χ1v) is 7.21. The molecule has 1 heterocycles. The Morgan fingerprint density at radius 3 is 2.80 bits per heavy atom. The smallest absolute Gasteiger partial charge is 0.328 e. The molecule has 1 unspecified atom stereocenters. The molecule has 0 aliphatic heterocycles. The Labute approximate surface area is 127 Å². The highest BCUT2D eigenvalue weighted by Crippen LogP contribution is 2.29. The second-order valence-corrected chi connectivity index (χ2v) is 5.90. The quantitative estimate of drug-likeness (QED) is 0.682. The number of benzene rings is 1. The third-order valence-electron chi connectivity index (χ3n) is 3.17. The molecule has 1 aromatic heterocycles. The summed E-state index contributed by atoms with van der Waals surface area (Å²) in [5.41, 5.74) is 1.57. The molecule has 6 heteroatoms. The molecule has 0 fully saturated rings. The van der Waals surface area contributed by atoms with Gasteiger partial charge in [-0.25, -0.2) is 4.79 Å². The van der Waals surface area contributed by atoms with Gasteiger partial charge in [-0.15, -0.1) is 0 Å².